The summed E-state index contributed by atoms with van der Waals surface area (Å²) in [7, 11) is 2.16. The van der Waals surface area contributed by atoms with E-state index in [-0.39, 0.29) is 0 Å². The van der Waals surface area contributed by atoms with Crippen LogP contribution in [0.3, 0.4) is 0 Å². The topological polar surface area (TPSA) is 55.3 Å². The fourth-order valence-corrected chi connectivity index (χ4v) is 2.17. The molecule has 104 valence electrons. The molecular weight excluding hydrogens is 238 g/mol. The molecule has 1 aromatic carbocycles. The van der Waals surface area contributed by atoms with Crippen LogP contribution in [-0.4, -0.2) is 36.1 Å². The first-order chi connectivity index (χ1) is 9.15. The lowest BCUT2D eigenvalue weighted by molar-refractivity contribution is 0.326. The Labute approximate surface area is 114 Å². The highest BCUT2D eigenvalue weighted by atomic mass is 16.3. The fraction of sp³-hybridized carbons (Fsp3) is 0.533. The molecule has 4 heteroatoms. The van der Waals surface area contributed by atoms with Crippen LogP contribution in [-0.2, 0) is 6.42 Å². The molecule has 0 amide bonds. The molecule has 4 nitrogen and oxygen atoms in total. The normalized spacial score (nSPS) is 13.3. The highest BCUT2D eigenvalue weighted by Gasteiger charge is 2.03. The van der Waals surface area contributed by atoms with Crippen LogP contribution in [0.25, 0.3) is 11.1 Å². The molecule has 0 fully saturated rings. The second kappa shape index (κ2) is 6.68. The van der Waals surface area contributed by atoms with Crippen molar-refractivity contribution in [3.63, 3.8) is 0 Å². The summed E-state index contributed by atoms with van der Waals surface area (Å²) in [6.45, 7) is 4.22. The molecule has 1 unspecified atom stereocenters. The van der Waals surface area contributed by atoms with Gasteiger partial charge in [-0.2, -0.15) is 0 Å². The van der Waals surface area contributed by atoms with Gasteiger partial charge in [0.2, 0.25) is 0 Å². The SMILES string of the molecule is CC(N)CCCN(C)CCc1ccc2ncoc2c1. The van der Waals surface area contributed by atoms with E-state index < -0.39 is 0 Å². The summed E-state index contributed by atoms with van der Waals surface area (Å²) < 4.78 is 5.32. The molecule has 0 aliphatic heterocycles. The minimum absolute atomic E-state index is 0.308. The maximum atomic E-state index is 5.75. The molecular formula is C15H23N3O. The lowest BCUT2D eigenvalue weighted by Gasteiger charge is -2.17. The monoisotopic (exact) mass is 261 g/mol. The molecule has 1 heterocycles. The van der Waals surface area contributed by atoms with Crippen LogP contribution in [0, 0.1) is 0 Å². The van der Waals surface area contributed by atoms with Gasteiger partial charge in [0, 0.05) is 12.6 Å². The number of hydrogen-bond acceptors (Lipinski definition) is 4. The third-order valence-electron chi connectivity index (χ3n) is 3.38. The summed E-state index contributed by atoms with van der Waals surface area (Å²) in [6, 6.07) is 6.53. The molecule has 1 atom stereocenters. The zero-order valence-corrected chi connectivity index (χ0v) is 11.8. The number of fused-ring (bicyclic) bond motifs is 1. The van der Waals surface area contributed by atoms with Gasteiger partial charge in [-0.3, -0.25) is 0 Å². The number of hydrogen-bond donors (Lipinski definition) is 1. The van der Waals surface area contributed by atoms with Crippen molar-refractivity contribution in [1.29, 1.82) is 0 Å². The Bertz CT molecular complexity index is 507. The van der Waals surface area contributed by atoms with E-state index in [1.165, 1.54) is 12.0 Å². The van der Waals surface area contributed by atoms with Crippen molar-refractivity contribution in [2.24, 2.45) is 5.73 Å². The van der Waals surface area contributed by atoms with Crippen LogP contribution < -0.4 is 5.73 Å². The maximum Gasteiger partial charge on any atom is 0.181 e. The van der Waals surface area contributed by atoms with Crippen LogP contribution >= 0.6 is 0 Å². The number of nitrogens with two attached hydrogens (primary N) is 1. The van der Waals surface area contributed by atoms with E-state index in [0.29, 0.717) is 6.04 Å². The van der Waals surface area contributed by atoms with E-state index in [9.17, 15) is 0 Å². The molecule has 0 bridgehead atoms. The molecule has 0 aliphatic carbocycles. The Morgan fingerprint density at radius 1 is 1.37 bits per heavy atom. The van der Waals surface area contributed by atoms with E-state index >= 15 is 0 Å². The van der Waals surface area contributed by atoms with Gasteiger partial charge in [-0.25, -0.2) is 4.98 Å². The molecule has 2 aromatic rings. The van der Waals surface area contributed by atoms with Gasteiger partial charge in [0.05, 0.1) is 0 Å². The van der Waals surface area contributed by atoms with E-state index in [1.54, 1.807) is 0 Å². The zero-order valence-electron chi connectivity index (χ0n) is 11.8. The molecule has 0 spiro atoms. The van der Waals surface area contributed by atoms with Crippen molar-refractivity contribution in [2.75, 3.05) is 20.1 Å². The molecule has 0 saturated carbocycles. The van der Waals surface area contributed by atoms with Crippen LogP contribution in [0.4, 0.5) is 0 Å². The first kappa shape index (κ1) is 14.0. The lowest BCUT2D eigenvalue weighted by Crippen LogP contribution is -2.24. The number of rotatable bonds is 7. The number of nitrogens with zero attached hydrogens (tertiary/aromatic N) is 2. The predicted octanol–water partition coefficient (Wildman–Crippen LogP) is 2.43. The summed E-state index contributed by atoms with van der Waals surface area (Å²) in [5.74, 6) is 0. The van der Waals surface area contributed by atoms with Gasteiger partial charge in [0.15, 0.2) is 12.0 Å². The van der Waals surface area contributed by atoms with Gasteiger partial charge in [-0.1, -0.05) is 6.07 Å². The van der Waals surface area contributed by atoms with Crippen molar-refractivity contribution in [1.82, 2.24) is 9.88 Å². The third kappa shape index (κ3) is 4.33. The highest BCUT2D eigenvalue weighted by molar-refractivity contribution is 5.72. The molecule has 1 aromatic heterocycles. The first-order valence-electron chi connectivity index (χ1n) is 6.91. The van der Waals surface area contributed by atoms with E-state index in [0.717, 1.165) is 43.5 Å². The van der Waals surface area contributed by atoms with E-state index in [4.69, 9.17) is 10.2 Å². The Kier molecular flexibility index (Phi) is 4.93. The molecule has 2 rings (SSSR count). The van der Waals surface area contributed by atoms with Gasteiger partial charge in [-0.15, -0.1) is 0 Å². The second-order valence-electron chi connectivity index (χ2n) is 5.33. The summed E-state index contributed by atoms with van der Waals surface area (Å²) >= 11 is 0. The number of oxazole rings is 1. The maximum absolute atomic E-state index is 5.75. The smallest absolute Gasteiger partial charge is 0.181 e. The highest BCUT2D eigenvalue weighted by Crippen LogP contribution is 2.14. The van der Waals surface area contributed by atoms with Crippen LogP contribution in [0.2, 0.25) is 0 Å². The summed E-state index contributed by atoms with van der Waals surface area (Å²) in [5, 5.41) is 0. The minimum atomic E-state index is 0.308. The van der Waals surface area contributed by atoms with Crippen LogP contribution in [0.1, 0.15) is 25.3 Å². The standard InChI is InChI=1S/C15H23N3O/c1-12(16)4-3-8-18(2)9-7-13-5-6-14-15(10-13)19-11-17-14/h5-6,10-12H,3-4,7-9,16H2,1-2H3. The average molecular weight is 261 g/mol. The second-order valence-corrected chi connectivity index (χ2v) is 5.33. The Morgan fingerprint density at radius 2 is 2.21 bits per heavy atom. The molecule has 19 heavy (non-hydrogen) atoms. The van der Waals surface area contributed by atoms with Gasteiger partial charge < -0.3 is 15.1 Å². The van der Waals surface area contributed by atoms with Gasteiger partial charge in [0.25, 0.3) is 0 Å². The van der Waals surface area contributed by atoms with Gasteiger partial charge >= 0.3 is 0 Å². The van der Waals surface area contributed by atoms with Crippen molar-refractivity contribution in [3.8, 4) is 0 Å². The summed E-state index contributed by atoms with van der Waals surface area (Å²) in [4.78, 5) is 6.48. The number of aromatic nitrogens is 1. The third-order valence-corrected chi connectivity index (χ3v) is 3.38. The summed E-state index contributed by atoms with van der Waals surface area (Å²) in [5.41, 5.74) is 8.84. The Morgan fingerprint density at radius 3 is 3.00 bits per heavy atom. The fourth-order valence-electron chi connectivity index (χ4n) is 2.17. The van der Waals surface area contributed by atoms with Crippen molar-refractivity contribution in [3.05, 3.63) is 30.2 Å². The quantitative estimate of drug-likeness (QED) is 0.831. The van der Waals surface area contributed by atoms with Crippen molar-refractivity contribution in [2.45, 2.75) is 32.2 Å². The summed E-state index contributed by atoms with van der Waals surface area (Å²) in [6.07, 6.45) is 4.78. The number of benzene rings is 1. The molecule has 0 radical (unpaired) electrons. The van der Waals surface area contributed by atoms with Gasteiger partial charge in [0.1, 0.15) is 5.52 Å². The van der Waals surface area contributed by atoms with Crippen LogP contribution in [0.5, 0.6) is 0 Å². The van der Waals surface area contributed by atoms with Crippen LogP contribution in [0.15, 0.2) is 29.0 Å². The Balaban J connectivity index is 1.77. The van der Waals surface area contributed by atoms with Gasteiger partial charge in [-0.05, 0) is 57.5 Å². The van der Waals surface area contributed by atoms with E-state index in [2.05, 4.69) is 36.0 Å². The predicted molar refractivity (Wildman–Crippen MR) is 78.1 cm³/mol. The molecule has 2 N–H and O–H groups in total. The number of likely N-dealkylation sites (N-methyl/N-ethyl adjacent to an activating group) is 1. The minimum Gasteiger partial charge on any atom is -0.443 e. The Hall–Kier alpha value is -1.39. The van der Waals surface area contributed by atoms with Crippen molar-refractivity contribution >= 4 is 11.1 Å². The average Bonchev–Trinajstić information content (AvgIpc) is 2.83. The zero-order chi connectivity index (χ0) is 13.7. The van der Waals surface area contributed by atoms with E-state index in [1.807, 2.05) is 6.07 Å². The largest absolute Gasteiger partial charge is 0.443 e. The lowest BCUT2D eigenvalue weighted by atomic mass is 10.1. The first-order valence-corrected chi connectivity index (χ1v) is 6.91. The molecule has 0 aliphatic rings. The molecule has 0 saturated heterocycles. The van der Waals surface area contributed by atoms with Crippen molar-refractivity contribution < 1.29 is 4.42 Å².